The number of aliphatic hydroxyl groups excluding tert-OH is 1. The number of carbonyl (C=O) groups is 5. The van der Waals surface area contributed by atoms with Crippen LogP contribution >= 0.6 is 50.9 Å². The van der Waals surface area contributed by atoms with E-state index in [9.17, 15) is 29.1 Å². The van der Waals surface area contributed by atoms with E-state index in [1.807, 2.05) is 56.1 Å². The predicted octanol–water partition coefficient (Wildman–Crippen LogP) is 11.0. The molecule has 0 aromatic rings. The zero-order chi connectivity index (χ0) is 60.3. The lowest BCUT2D eigenvalue weighted by Crippen LogP contribution is -2.65. The fourth-order valence-corrected chi connectivity index (χ4v) is 20.8. The largest absolute Gasteiger partial charge is 0.481 e. The first-order valence-electron chi connectivity index (χ1n) is 31.3. The second-order valence-corrected chi connectivity index (χ2v) is 35.4. The number of hydrogen-bond donors (Lipinski definition) is 5. The van der Waals surface area contributed by atoms with Gasteiger partial charge in [0.2, 0.25) is 11.8 Å². The van der Waals surface area contributed by atoms with Crippen molar-refractivity contribution in [2.24, 2.45) is 67.8 Å². The van der Waals surface area contributed by atoms with Crippen molar-refractivity contribution in [2.75, 3.05) is 83.1 Å². The minimum absolute atomic E-state index is 0. The summed E-state index contributed by atoms with van der Waals surface area (Å²) < 4.78 is 12.8. The number of amides is 2. The van der Waals surface area contributed by atoms with Crippen LogP contribution in [0.1, 0.15) is 204 Å². The second kappa shape index (κ2) is 27.0. The molecule has 12 fully saturated rings. The van der Waals surface area contributed by atoms with Crippen LogP contribution in [0, 0.1) is 62.1 Å². The summed E-state index contributed by atoms with van der Waals surface area (Å²) in [6, 6.07) is 0. The highest BCUT2D eigenvalue weighted by Crippen LogP contribution is 2.68. The van der Waals surface area contributed by atoms with Crippen molar-refractivity contribution >= 4 is 80.7 Å². The highest BCUT2D eigenvalue weighted by molar-refractivity contribution is 8.93. The highest BCUT2D eigenvalue weighted by Gasteiger charge is 2.62. The maximum atomic E-state index is 13.1. The lowest BCUT2D eigenvalue weighted by atomic mass is 9.42. The van der Waals surface area contributed by atoms with Crippen LogP contribution in [-0.4, -0.2) is 171 Å². The van der Waals surface area contributed by atoms with Crippen LogP contribution in [0.4, 0.5) is 0 Å². The van der Waals surface area contributed by atoms with Crippen molar-refractivity contribution in [3.63, 3.8) is 0 Å². The maximum absolute atomic E-state index is 13.1. The zero-order valence-electron chi connectivity index (χ0n) is 55.5. The van der Waals surface area contributed by atoms with E-state index in [1.54, 1.807) is 13.8 Å². The van der Waals surface area contributed by atoms with Gasteiger partial charge in [-0.25, -0.2) is 0 Å². The molecule has 6 unspecified atom stereocenters. The van der Waals surface area contributed by atoms with Gasteiger partial charge in [0.1, 0.15) is 25.7 Å². The first-order valence-corrected chi connectivity index (χ1v) is 31.3. The van der Waals surface area contributed by atoms with E-state index in [1.165, 1.54) is 77.0 Å². The van der Waals surface area contributed by atoms with Gasteiger partial charge in [-0.05, 0) is 166 Å². The van der Waals surface area contributed by atoms with E-state index in [4.69, 9.17) is 20.3 Å². The molecule has 6 N–H and O–H groups in total. The molecule has 0 heterocycles. The zero-order valence-corrected chi connectivity index (χ0v) is 60.6. The van der Waals surface area contributed by atoms with E-state index in [2.05, 4.69) is 73.3 Å². The summed E-state index contributed by atoms with van der Waals surface area (Å²) in [5, 5.41) is 25.8. The Morgan fingerprint density at radius 2 is 0.747 bits per heavy atom. The number of nitrogens with one attached hydrogen (secondary N) is 2. The first kappa shape index (κ1) is 75.8. The van der Waals surface area contributed by atoms with Crippen LogP contribution in [0.5, 0.6) is 0 Å². The summed E-state index contributed by atoms with van der Waals surface area (Å²) in [6.07, 6.45) is 21.8. The number of aliphatic carboxylic acids is 1. The molecule has 12 saturated carbocycles. The quantitative estimate of drug-likeness (QED) is 0.0651. The molecule has 0 aromatic carbocycles. The van der Waals surface area contributed by atoms with Crippen LogP contribution in [0.2, 0.25) is 0 Å². The Morgan fingerprint density at radius 3 is 1.01 bits per heavy atom. The van der Waals surface area contributed by atoms with E-state index < -0.39 is 18.2 Å². The number of carboxylic acids is 1. The Labute approximate surface area is 535 Å². The number of halogens is 3. The third-order valence-corrected chi connectivity index (χ3v) is 19.7. The van der Waals surface area contributed by atoms with Crippen LogP contribution in [-0.2, 0) is 33.4 Å². The minimum atomic E-state index is -0.949. The van der Waals surface area contributed by atoms with E-state index >= 15 is 0 Å². The fraction of sp³-hybridized carbons (Fsp3) is 0.923. The number of nitrogens with two attached hydrogens (primary N) is 1. The monoisotopic (exact) mass is 1370 g/mol. The number of carbonyl (C=O) groups excluding carboxylic acids is 4. The van der Waals surface area contributed by atoms with Crippen LogP contribution < -0.4 is 16.4 Å². The Balaban J connectivity index is 0.000000298. The Morgan fingerprint density at radius 1 is 0.458 bits per heavy atom. The third kappa shape index (κ3) is 21.9. The summed E-state index contributed by atoms with van der Waals surface area (Å²) in [5.74, 6) is 0.631. The molecule has 2 amide bonds. The van der Waals surface area contributed by atoms with Crippen LogP contribution in [0.15, 0.2) is 0 Å². The number of aliphatic hydroxyl groups is 1. The van der Waals surface area contributed by atoms with Gasteiger partial charge in [0.25, 0.3) is 0 Å². The van der Waals surface area contributed by atoms with Gasteiger partial charge in [0, 0.05) is 16.6 Å². The molecule has 12 aliphatic rings. The Bertz CT molecular complexity index is 2180. The van der Waals surface area contributed by atoms with Crippen molar-refractivity contribution in [2.45, 2.75) is 239 Å². The summed E-state index contributed by atoms with van der Waals surface area (Å²) in [4.78, 5) is 59.8. The fourth-order valence-electron chi connectivity index (χ4n) is 20.8. The number of quaternary nitrogens is 3. The molecule has 12 aliphatic carbocycles. The summed E-state index contributed by atoms with van der Waals surface area (Å²) >= 11 is 0. The highest BCUT2D eigenvalue weighted by atomic mass is 79.9. The van der Waals surface area contributed by atoms with Crippen molar-refractivity contribution in [1.29, 1.82) is 0 Å². The molecule has 484 valence electrons. The SMILES string of the molecule is Br.Br.Br.CC(C)C(=O)O[C@H](CC(=O)NC12CC3CC(C)(CC(C)(C3)C1)C2)C[N+](C)(C)C.CC(C)C(=O)O[C@H](CC(=O)O)C[N+](C)(C)C.CC12CC3CC(C)(C1)CC(N)(C3)C2.CC12CC3CC(C)(C1)CC(NC(=O)C[C@@H](O)C[N+](C)(C)C)(C3)C2. The number of rotatable bonds is 18. The smallest absolute Gasteiger partial charge is 0.308 e. The predicted molar refractivity (Wildman–Crippen MR) is 347 cm³/mol. The number of hydrogen-bond acceptors (Lipinski definition) is 9. The number of likely N-dealkylation sites (N-methyl/N-ethyl adjacent to an activating group) is 3. The van der Waals surface area contributed by atoms with Crippen molar-refractivity contribution in [3.8, 4) is 0 Å². The maximum Gasteiger partial charge on any atom is 0.308 e. The molecule has 83 heavy (non-hydrogen) atoms. The molecule has 0 aliphatic heterocycles. The van der Waals surface area contributed by atoms with Gasteiger partial charge in [-0.3, -0.25) is 24.0 Å². The topological polar surface area (TPSA) is 194 Å². The van der Waals surface area contributed by atoms with Gasteiger partial charge >= 0.3 is 17.9 Å². The molecule has 0 spiro atoms. The van der Waals surface area contributed by atoms with Gasteiger partial charge in [-0.2, -0.15) is 0 Å². The number of nitrogens with zero attached hydrogens (tertiary/aromatic N) is 3. The van der Waals surface area contributed by atoms with Crippen molar-refractivity contribution in [3.05, 3.63) is 0 Å². The second-order valence-electron chi connectivity index (χ2n) is 35.4. The summed E-state index contributed by atoms with van der Waals surface area (Å²) in [6.45, 7) is 23.5. The van der Waals surface area contributed by atoms with Gasteiger partial charge in [-0.15, -0.1) is 50.9 Å². The van der Waals surface area contributed by atoms with Crippen molar-refractivity contribution in [1.82, 2.24) is 10.6 Å². The average Bonchev–Trinajstić information content (AvgIpc) is 3.14. The van der Waals surface area contributed by atoms with Gasteiger partial charge < -0.3 is 49.5 Å². The summed E-state index contributed by atoms with van der Waals surface area (Å²) in [7, 11) is 18.1. The van der Waals surface area contributed by atoms with Crippen molar-refractivity contribution < 1.29 is 57.1 Å². The normalized spacial score (nSPS) is 37.5. The molecule has 0 saturated heterocycles. The lowest BCUT2D eigenvalue weighted by Gasteiger charge is -2.65. The molecule has 18 heteroatoms. The molecule has 15 nitrogen and oxygen atoms in total. The minimum Gasteiger partial charge on any atom is -0.481 e. The van der Waals surface area contributed by atoms with Crippen LogP contribution in [0.3, 0.4) is 0 Å². The Hall–Kier alpha value is -1.41. The standard InChI is InChI=1S/C23H40N2O3.C19H34N2O2.C12H21N.C11H21NO4.3BrH/c1-16(2)20(27)28-18(12-25(5,6)7)8-19(26)24-23-11-17-9-21(3,14-23)13-22(4,10-17)15-23;1-17-7-14-8-18(2,11-17)13-19(9-14,12-17)20-16(23)6-15(22)10-21(3,4)5;1-10-3-9-4-11(2,6-10)8-12(13,5-9)7-10;1-8(2)11(15)16-9(6-10(13)14)7-12(3,4)5;;;/h16-18H,8-15H2,1-7H3;14-15,22H,6-13H2,1-5H3;9H,3-8,13H2,1-2H3;8-9H,6-7H2,1-5H3;3*1H/p+3/t17?,18-,21?,22?,23?;14?,15-,17?,18?,19?;;9-;;;/m11.1.../s1. The molecular formula is C65H122Br3N6O9+3. The van der Waals surface area contributed by atoms with E-state index in [0.29, 0.717) is 65.6 Å². The first-order chi connectivity index (χ1) is 36.1. The molecule has 9 atom stereocenters. The third-order valence-electron chi connectivity index (χ3n) is 19.7. The molecule has 0 radical (unpaired) electrons. The molecule has 12 bridgehead atoms. The van der Waals surface area contributed by atoms with E-state index in [0.717, 1.165) is 56.3 Å². The van der Waals surface area contributed by atoms with E-state index in [-0.39, 0.29) is 129 Å². The number of esters is 2. The van der Waals surface area contributed by atoms with Gasteiger partial charge in [0.05, 0.1) is 94.5 Å². The van der Waals surface area contributed by atoms with Gasteiger partial charge in [0.15, 0.2) is 12.2 Å². The molecule has 0 aromatic heterocycles. The molecular weight excluding hydrogens is 1250 g/mol. The number of ether oxygens (including phenoxy) is 2. The average molecular weight is 1370 g/mol. The Kier molecular flexibility index (Phi) is 24.6. The van der Waals surface area contributed by atoms with Gasteiger partial charge in [-0.1, -0.05) is 69.2 Å². The lowest BCUT2D eigenvalue weighted by molar-refractivity contribution is -0.873. The van der Waals surface area contributed by atoms with Crippen LogP contribution in [0.25, 0.3) is 0 Å². The summed E-state index contributed by atoms with van der Waals surface area (Å²) in [5.41, 5.74) is 9.41. The molecule has 12 rings (SSSR count). The number of carboxylic acid groups (broad SMARTS) is 1.